The summed E-state index contributed by atoms with van der Waals surface area (Å²) in [5.74, 6) is 0.669. The van der Waals surface area contributed by atoms with Crippen molar-refractivity contribution in [2.45, 2.75) is 0 Å². The Bertz CT molecular complexity index is 743. The van der Waals surface area contributed by atoms with Gasteiger partial charge in [0.2, 0.25) is 0 Å². The molecule has 0 spiro atoms. The van der Waals surface area contributed by atoms with E-state index < -0.39 is 4.92 Å². The van der Waals surface area contributed by atoms with Gasteiger partial charge in [-0.1, -0.05) is 23.7 Å². The fraction of sp³-hybridized carbons (Fsp3) is 0.133. The van der Waals surface area contributed by atoms with E-state index >= 15 is 0 Å². The van der Waals surface area contributed by atoms with E-state index in [1.807, 2.05) is 24.3 Å². The summed E-state index contributed by atoms with van der Waals surface area (Å²) in [6.07, 6.45) is 0. The zero-order valence-corrected chi connectivity index (χ0v) is 11.7. The van der Waals surface area contributed by atoms with Gasteiger partial charge in [-0.2, -0.15) is 0 Å². The first-order valence-corrected chi connectivity index (χ1v) is 6.75. The molecule has 6 heteroatoms. The second-order valence-electron chi connectivity index (χ2n) is 4.49. The van der Waals surface area contributed by atoms with Crippen molar-refractivity contribution in [3.8, 4) is 5.75 Å². The molecule has 21 heavy (non-hydrogen) atoms. The summed E-state index contributed by atoms with van der Waals surface area (Å²) in [6.45, 7) is 0.878. The molecule has 0 aromatic heterocycles. The number of fused-ring (bicyclic) bond motifs is 1. The number of nitro groups is 1. The predicted octanol–water partition coefficient (Wildman–Crippen LogP) is 3.48. The predicted molar refractivity (Wildman–Crippen MR) is 80.5 cm³/mol. The Hall–Kier alpha value is -2.40. The van der Waals surface area contributed by atoms with Gasteiger partial charge in [-0.3, -0.25) is 15.1 Å². The molecule has 2 aromatic rings. The zero-order chi connectivity index (χ0) is 14.8. The van der Waals surface area contributed by atoms with Gasteiger partial charge in [0.25, 0.3) is 5.69 Å². The van der Waals surface area contributed by atoms with Crippen molar-refractivity contribution in [2.75, 3.05) is 13.2 Å². The summed E-state index contributed by atoms with van der Waals surface area (Å²) in [4.78, 5) is 15.3. The van der Waals surface area contributed by atoms with Gasteiger partial charge in [0, 0.05) is 16.7 Å². The second-order valence-corrected chi connectivity index (χ2v) is 4.93. The van der Waals surface area contributed by atoms with Crippen LogP contribution in [0.4, 0.5) is 5.69 Å². The van der Waals surface area contributed by atoms with Crippen LogP contribution in [0.5, 0.6) is 5.75 Å². The van der Waals surface area contributed by atoms with Crippen LogP contribution in [-0.4, -0.2) is 23.8 Å². The molecule has 0 radical (unpaired) electrons. The number of hydrogen-bond donors (Lipinski definition) is 0. The van der Waals surface area contributed by atoms with Crippen molar-refractivity contribution in [3.05, 3.63) is 68.7 Å². The van der Waals surface area contributed by atoms with Crippen LogP contribution in [0.15, 0.2) is 47.5 Å². The molecule has 0 bridgehead atoms. The molecule has 5 nitrogen and oxygen atoms in total. The fourth-order valence-corrected chi connectivity index (χ4v) is 2.45. The molecule has 0 amide bonds. The van der Waals surface area contributed by atoms with Crippen LogP contribution in [0.2, 0.25) is 5.02 Å². The van der Waals surface area contributed by atoms with Crippen LogP contribution in [0.3, 0.4) is 0 Å². The van der Waals surface area contributed by atoms with Crippen molar-refractivity contribution in [1.82, 2.24) is 0 Å². The van der Waals surface area contributed by atoms with Crippen molar-refractivity contribution in [2.24, 2.45) is 4.99 Å². The lowest BCUT2D eigenvalue weighted by Crippen LogP contribution is -2.07. The largest absolute Gasteiger partial charge is 0.491 e. The minimum atomic E-state index is -0.428. The van der Waals surface area contributed by atoms with Gasteiger partial charge in [-0.05, 0) is 24.3 Å². The summed E-state index contributed by atoms with van der Waals surface area (Å²) < 4.78 is 5.61. The van der Waals surface area contributed by atoms with Crippen LogP contribution in [-0.2, 0) is 0 Å². The van der Waals surface area contributed by atoms with E-state index in [1.165, 1.54) is 12.1 Å². The first-order valence-electron chi connectivity index (χ1n) is 6.38. The highest BCUT2D eigenvalue weighted by molar-refractivity contribution is 6.31. The Labute approximate surface area is 126 Å². The summed E-state index contributed by atoms with van der Waals surface area (Å²) in [6, 6.07) is 11.8. The van der Waals surface area contributed by atoms with Gasteiger partial charge in [-0.25, -0.2) is 0 Å². The summed E-state index contributed by atoms with van der Waals surface area (Å²) in [5.41, 5.74) is 1.66. The van der Waals surface area contributed by atoms with Crippen LogP contribution in [0.25, 0.3) is 0 Å². The van der Waals surface area contributed by atoms with E-state index in [4.69, 9.17) is 16.3 Å². The van der Waals surface area contributed by atoms with Crippen molar-refractivity contribution < 1.29 is 9.66 Å². The molecule has 0 atom stereocenters. The molecule has 3 rings (SSSR count). The highest BCUT2D eigenvalue weighted by Gasteiger charge is 2.23. The van der Waals surface area contributed by atoms with E-state index in [0.29, 0.717) is 35.2 Å². The first kappa shape index (κ1) is 13.6. The minimum Gasteiger partial charge on any atom is -0.491 e. The Morgan fingerprint density at radius 1 is 1.19 bits per heavy atom. The number of para-hydroxylation sites is 1. The maximum Gasteiger partial charge on any atom is 0.278 e. The smallest absolute Gasteiger partial charge is 0.278 e. The third kappa shape index (κ3) is 2.60. The molecular formula is C15H11ClN2O3. The Kier molecular flexibility index (Phi) is 3.58. The van der Waals surface area contributed by atoms with Crippen LogP contribution in [0.1, 0.15) is 11.1 Å². The highest BCUT2D eigenvalue weighted by Crippen LogP contribution is 2.30. The van der Waals surface area contributed by atoms with E-state index in [1.54, 1.807) is 6.07 Å². The quantitative estimate of drug-likeness (QED) is 0.630. The van der Waals surface area contributed by atoms with Crippen LogP contribution in [0, 0.1) is 10.1 Å². The Balaban J connectivity index is 2.23. The molecule has 0 aliphatic carbocycles. The monoisotopic (exact) mass is 302 g/mol. The summed E-state index contributed by atoms with van der Waals surface area (Å²) in [5, 5.41) is 11.7. The average Bonchev–Trinajstić information content (AvgIpc) is 2.69. The average molecular weight is 303 g/mol. The normalized spacial score (nSPS) is 13.7. The number of nitrogens with zero attached hydrogens (tertiary/aromatic N) is 2. The highest BCUT2D eigenvalue weighted by atomic mass is 35.5. The molecule has 0 saturated carbocycles. The van der Waals surface area contributed by atoms with Crippen molar-refractivity contribution >= 4 is 23.0 Å². The number of benzene rings is 2. The number of hydrogen-bond acceptors (Lipinski definition) is 4. The number of aliphatic imine (C=N–C) groups is 1. The van der Waals surface area contributed by atoms with E-state index in [9.17, 15) is 10.1 Å². The SMILES string of the molecule is O=[N+]([O-])c1ccc(Cl)cc1C1=NCCOc2ccccc21. The Morgan fingerprint density at radius 3 is 2.81 bits per heavy atom. The number of rotatable bonds is 2. The lowest BCUT2D eigenvalue weighted by molar-refractivity contribution is -0.385. The van der Waals surface area contributed by atoms with E-state index in [-0.39, 0.29) is 5.69 Å². The van der Waals surface area contributed by atoms with Gasteiger partial charge in [0.05, 0.1) is 22.7 Å². The van der Waals surface area contributed by atoms with Gasteiger partial charge in [-0.15, -0.1) is 0 Å². The molecule has 2 aromatic carbocycles. The molecule has 106 valence electrons. The number of halogens is 1. The van der Waals surface area contributed by atoms with Gasteiger partial charge in [0.1, 0.15) is 12.4 Å². The lowest BCUT2D eigenvalue weighted by Gasteiger charge is -2.10. The molecule has 1 heterocycles. The Morgan fingerprint density at radius 2 is 2.00 bits per heavy atom. The van der Waals surface area contributed by atoms with Gasteiger partial charge < -0.3 is 4.74 Å². The topological polar surface area (TPSA) is 64.7 Å². The van der Waals surface area contributed by atoms with Gasteiger partial charge in [0.15, 0.2) is 0 Å². The van der Waals surface area contributed by atoms with E-state index in [0.717, 1.165) is 5.56 Å². The standard InChI is InChI=1S/C15H11ClN2O3/c16-10-5-6-13(18(19)20)12(9-10)15-11-3-1-2-4-14(11)21-8-7-17-15/h1-6,9H,7-8H2. The molecule has 0 unspecified atom stereocenters. The van der Waals surface area contributed by atoms with E-state index in [2.05, 4.69) is 4.99 Å². The minimum absolute atomic E-state index is 0.0187. The summed E-state index contributed by atoms with van der Waals surface area (Å²) >= 11 is 6.00. The van der Waals surface area contributed by atoms with Crippen LogP contribution >= 0.6 is 11.6 Å². The molecule has 0 N–H and O–H groups in total. The van der Waals surface area contributed by atoms with Gasteiger partial charge >= 0.3 is 0 Å². The molecular weight excluding hydrogens is 292 g/mol. The van der Waals surface area contributed by atoms with Crippen molar-refractivity contribution in [1.29, 1.82) is 0 Å². The summed E-state index contributed by atoms with van der Waals surface area (Å²) in [7, 11) is 0. The van der Waals surface area contributed by atoms with Crippen molar-refractivity contribution in [3.63, 3.8) is 0 Å². The third-order valence-corrected chi connectivity index (χ3v) is 3.41. The maximum atomic E-state index is 11.2. The molecule has 0 saturated heterocycles. The molecule has 0 fully saturated rings. The third-order valence-electron chi connectivity index (χ3n) is 3.17. The maximum absolute atomic E-state index is 11.2. The molecule has 1 aliphatic rings. The number of nitro benzene ring substituents is 1. The number of ether oxygens (including phenoxy) is 1. The lowest BCUT2D eigenvalue weighted by atomic mass is 10.00. The molecule has 1 aliphatic heterocycles. The zero-order valence-electron chi connectivity index (χ0n) is 11.0. The fourth-order valence-electron chi connectivity index (χ4n) is 2.27. The van der Waals surface area contributed by atoms with Crippen LogP contribution < -0.4 is 4.74 Å². The first-order chi connectivity index (χ1) is 10.2. The second kappa shape index (κ2) is 5.54.